The van der Waals surface area contributed by atoms with E-state index in [1.165, 1.54) is 26.4 Å². The Labute approximate surface area is 185 Å². The lowest BCUT2D eigenvalue weighted by Gasteiger charge is -2.35. The normalized spacial score (nSPS) is 14.4. The number of carbonyl (C=O) groups is 2. The van der Waals surface area contributed by atoms with Crippen LogP contribution in [0, 0.1) is 0 Å². The van der Waals surface area contributed by atoms with Crippen molar-refractivity contribution in [1.82, 2.24) is 4.90 Å². The van der Waals surface area contributed by atoms with Gasteiger partial charge in [0.2, 0.25) is 0 Å². The Kier molecular flexibility index (Phi) is 7.07. The van der Waals surface area contributed by atoms with Crippen LogP contribution in [0.3, 0.4) is 0 Å². The summed E-state index contributed by atoms with van der Waals surface area (Å²) in [5, 5.41) is 3.43. The summed E-state index contributed by atoms with van der Waals surface area (Å²) in [5.74, 6) is -0.712. The fraction of sp³-hybridized carbons (Fsp3) is 0.333. The number of nitrogens with one attached hydrogen (secondary N) is 1. The topological polar surface area (TPSA) is 71.1 Å². The molecule has 0 atom stereocenters. The average Bonchev–Trinajstić information content (AvgIpc) is 2.73. The molecule has 0 aromatic heterocycles. The number of hydrogen-bond donors (Lipinski definition) is 1. The van der Waals surface area contributed by atoms with Gasteiger partial charge in [-0.15, -0.1) is 0 Å². The number of likely N-dealkylation sites (N-methyl/N-ethyl adjacent to an activating group) is 1. The van der Waals surface area contributed by atoms with E-state index in [2.05, 4.69) is 22.2 Å². The quantitative estimate of drug-likeness (QED) is 0.697. The number of nitrogens with zero attached hydrogens (tertiary/aromatic N) is 2. The van der Waals surface area contributed by atoms with Crippen LogP contribution in [0.2, 0.25) is 10.0 Å². The Hall–Kier alpha value is -2.48. The van der Waals surface area contributed by atoms with Gasteiger partial charge in [-0.05, 0) is 37.4 Å². The summed E-state index contributed by atoms with van der Waals surface area (Å²) in [6, 6.07) is 8.10. The predicted molar refractivity (Wildman–Crippen MR) is 118 cm³/mol. The predicted octanol–water partition coefficient (Wildman–Crippen LogP) is 3.79. The maximum Gasteiger partial charge on any atom is 0.337 e. The Bertz CT molecular complexity index is 960. The molecule has 1 heterocycles. The van der Waals surface area contributed by atoms with Crippen LogP contribution in [0.1, 0.15) is 20.7 Å². The zero-order valence-corrected chi connectivity index (χ0v) is 18.5. The van der Waals surface area contributed by atoms with Crippen LogP contribution in [-0.2, 0) is 4.74 Å². The molecule has 7 nitrogen and oxygen atoms in total. The van der Waals surface area contributed by atoms with Gasteiger partial charge in [0.1, 0.15) is 5.75 Å². The highest BCUT2D eigenvalue weighted by molar-refractivity contribution is 6.36. The van der Waals surface area contributed by atoms with E-state index >= 15 is 0 Å². The molecule has 9 heteroatoms. The first-order valence-electron chi connectivity index (χ1n) is 9.34. The molecule has 160 valence electrons. The zero-order valence-electron chi connectivity index (χ0n) is 17.0. The molecule has 0 bridgehead atoms. The Morgan fingerprint density at radius 1 is 1.03 bits per heavy atom. The van der Waals surface area contributed by atoms with Gasteiger partial charge in [0.25, 0.3) is 5.91 Å². The van der Waals surface area contributed by atoms with E-state index < -0.39 is 11.9 Å². The molecule has 1 fully saturated rings. The Balaban J connectivity index is 1.99. The van der Waals surface area contributed by atoms with Crippen molar-refractivity contribution < 1.29 is 19.1 Å². The lowest BCUT2D eigenvalue weighted by Crippen LogP contribution is -2.44. The second-order valence-electron chi connectivity index (χ2n) is 6.94. The molecule has 1 aliphatic rings. The highest BCUT2D eigenvalue weighted by Crippen LogP contribution is 2.34. The highest BCUT2D eigenvalue weighted by atomic mass is 35.5. The van der Waals surface area contributed by atoms with Gasteiger partial charge < -0.3 is 24.6 Å². The second kappa shape index (κ2) is 9.55. The summed E-state index contributed by atoms with van der Waals surface area (Å²) in [5.41, 5.74) is 1.84. The van der Waals surface area contributed by atoms with Crippen LogP contribution in [0.25, 0.3) is 0 Å². The van der Waals surface area contributed by atoms with Gasteiger partial charge in [-0.1, -0.05) is 23.2 Å². The van der Waals surface area contributed by atoms with Crippen LogP contribution in [0.4, 0.5) is 11.4 Å². The molecular formula is C21H23Cl2N3O4. The molecule has 1 aliphatic heterocycles. The number of amides is 1. The van der Waals surface area contributed by atoms with Gasteiger partial charge in [0, 0.05) is 31.2 Å². The van der Waals surface area contributed by atoms with E-state index in [1.807, 2.05) is 6.07 Å². The van der Waals surface area contributed by atoms with E-state index in [-0.39, 0.29) is 16.3 Å². The minimum Gasteiger partial charge on any atom is -0.494 e. The summed E-state index contributed by atoms with van der Waals surface area (Å²) in [6.07, 6.45) is 0. The third-order valence-electron chi connectivity index (χ3n) is 4.97. The molecule has 0 radical (unpaired) electrons. The largest absolute Gasteiger partial charge is 0.494 e. The number of piperazine rings is 1. The monoisotopic (exact) mass is 451 g/mol. The van der Waals surface area contributed by atoms with Crippen molar-refractivity contribution >= 4 is 46.5 Å². The Morgan fingerprint density at radius 3 is 2.37 bits per heavy atom. The third-order valence-corrected chi connectivity index (χ3v) is 5.47. The Morgan fingerprint density at radius 2 is 1.73 bits per heavy atom. The minimum absolute atomic E-state index is 0.197. The van der Waals surface area contributed by atoms with Crippen LogP contribution >= 0.6 is 23.2 Å². The van der Waals surface area contributed by atoms with Crippen molar-refractivity contribution in [2.24, 2.45) is 0 Å². The molecule has 2 aromatic carbocycles. The van der Waals surface area contributed by atoms with Crippen LogP contribution < -0.4 is 15.0 Å². The summed E-state index contributed by atoms with van der Waals surface area (Å²) in [6.45, 7) is 3.38. The van der Waals surface area contributed by atoms with Crippen LogP contribution in [0.5, 0.6) is 5.75 Å². The third kappa shape index (κ3) is 4.80. The summed E-state index contributed by atoms with van der Waals surface area (Å²) >= 11 is 12.3. The smallest absolute Gasteiger partial charge is 0.337 e. The molecule has 1 N–H and O–H groups in total. The van der Waals surface area contributed by atoms with Crippen molar-refractivity contribution in [2.75, 3.05) is 57.7 Å². The fourth-order valence-corrected chi connectivity index (χ4v) is 3.90. The van der Waals surface area contributed by atoms with E-state index in [0.717, 1.165) is 31.9 Å². The fourth-order valence-electron chi connectivity index (χ4n) is 3.33. The highest BCUT2D eigenvalue weighted by Gasteiger charge is 2.22. The molecular weight excluding hydrogens is 429 g/mol. The number of anilines is 2. The van der Waals surface area contributed by atoms with Gasteiger partial charge in [-0.25, -0.2) is 4.79 Å². The van der Waals surface area contributed by atoms with Crippen LogP contribution in [0.15, 0.2) is 30.3 Å². The average molecular weight is 452 g/mol. The summed E-state index contributed by atoms with van der Waals surface area (Å²) < 4.78 is 10.1. The number of methoxy groups -OCH3 is 2. The lowest BCUT2D eigenvalue weighted by molar-refractivity contribution is 0.0600. The molecule has 2 aromatic rings. The number of benzene rings is 2. The zero-order chi connectivity index (χ0) is 21.8. The molecule has 1 saturated heterocycles. The second-order valence-corrected chi connectivity index (χ2v) is 7.78. The molecule has 1 amide bonds. The SMILES string of the molecule is COC(=O)c1ccc(N2CCN(C)CC2)c(NC(=O)c2cc(Cl)cc(Cl)c2OC)c1. The van der Waals surface area contributed by atoms with Gasteiger partial charge in [-0.3, -0.25) is 4.79 Å². The van der Waals surface area contributed by atoms with Crippen LogP contribution in [-0.4, -0.2) is 64.2 Å². The molecule has 30 heavy (non-hydrogen) atoms. The maximum absolute atomic E-state index is 13.1. The van der Waals surface area contributed by atoms with E-state index in [1.54, 1.807) is 12.1 Å². The molecule has 0 unspecified atom stereocenters. The number of ether oxygens (including phenoxy) is 2. The van der Waals surface area contributed by atoms with Crippen molar-refractivity contribution in [1.29, 1.82) is 0 Å². The van der Waals surface area contributed by atoms with Gasteiger partial charge in [0.05, 0.1) is 41.7 Å². The number of halogens is 2. The van der Waals surface area contributed by atoms with Crippen molar-refractivity contribution in [3.05, 3.63) is 51.5 Å². The maximum atomic E-state index is 13.1. The summed E-state index contributed by atoms with van der Waals surface area (Å²) in [7, 11) is 4.81. The van der Waals surface area contributed by atoms with Crippen molar-refractivity contribution in [2.45, 2.75) is 0 Å². The molecule has 0 aliphatic carbocycles. The van der Waals surface area contributed by atoms with Crippen molar-refractivity contribution in [3.8, 4) is 5.75 Å². The number of hydrogen-bond acceptors (Lipinski definition) is 6. The first-order chi connectivity index (χ1) is 14.3. The van der Waals surface area contributed by atoms with E-state index in [4.69, 9.17) is 32.7 Å². The summed E-state index contributed by atoms with van der Waals surface area (Å²) in [4.78, 5) is 29.5. The first kappa shape index (κ1) is 22.2. The van der Waals surface area contributed by atoms with Gasteiger partial charge in [0.15, 0.2) is 0 Å². The van der Waals surface area contributed by atoms with E-state index in [9.17, 15) is 9.59 Å². The van der Waals surface area contributed by atoms with Gasteiger partial charge in [-0.2, -0.15) is 0 Å². The number of rotatable bonds is 5. The lowest BCUT2D eigenvalue weighted by atomic mass is 10.1. The molecule has 0 saturated carbocycles. The number of carbonyl (C=O) groups excluding carboxylic acids is 2. The van der Waals surface area contributed by atoms with E-state index in [0.29, 0.717) is 16.3 Å². The number of esters is 1. The molecule has 3 rings (SSSR count). The minimum atomic E-state index is -0.487. The molecule has 0 spiro atoms. The van der Waals surface area contributed by atoms with Crippen molar-refractivity contribution in [3.63, 3.8) is 0 Å². The van der Waals surface area contributed by atoms with Gasteiger partial charge >= 0.3 is 5.97 Å². The first-order valence-corrected chi connectivity index (χ1v) is 10.1. The standard InChI is InChI=1S/C21H23Cl2N3O4/c1-25-6-8-26(9-7-25)18-5-4-13(21(28)30-3)10-17(18)24-20(27)15-11-14(22)12-16(23)19(15)29-2/h4-5,10-12H,6-9H2,1-3H3,(H,24,27).